The van der Waals surface area contributed by atoms with Crippen molar-refractivity contribution >= 4 is 11.7 Å². The van der Waals surface area contributed by atoms with Gasteiger partial charge in [0.15, 0.2) is 0 Å². The molecular weight excluding hydrogens is 285 g/mol. The van der Waals surface area contributed by atoms with E-state index in [4.69, 9.17) is 0 Å². The van der Waals surface area contributed by atoms with Gasteiger partial charge in [-0.3, -0.25) is 0 Å². The van der Waals surface area contributed by atoms with Gasteiger partial charge in [0.25, 0.3) is 0 Å². The maximum Gasteiger partial charge on any atom is 0.417 e. The van der Waals surface area contributed by atoms with E-state index >= 15 is 0 Å². The van der Waals surface area contributed by atoms with Crippen molar-refractivity contribution in [1.29, 1.82) is 0 Å². The molecule has 1 aliphatic heterocycles. The number of hydrogen-bond acceptors (Lipinski definition) is 4. The Kier molecular flexibility index (Phi) is 4.41. The van der Waals surface area contributed by atoms with Crippen LogP contribution in [0.3, 0.4) is 0 Å². The highest BCUT2D eigenvalue weighted by Gasteiger charge is 2.36. The molecule has 0 atom stereocenters. The first-order chi connectivity index (χ1) is 9.82. The Morgan fingerprint density at radius 3 is 2.33 bits per heavy atom. The van der Waals surface area contributed by atoms with Gasteiger partial charge in [-0.25, -0.2) is 4.79 Å². The molecule has 1 aliphatic rings. The Morgan fingerprint density at radius 1 is 1.19 bits per heavy atom. The third-order valence-electron chi connectivity index (χ3n) is 3.58. The molecule has 116 valence electrons. The molecule has 4 nitrogen and oxygen atoms in total. The number of methoxy groups -OCH3 is 1. The molecule has 1 aromatic carbocycles. The van der Waals surface area contributed by atoms with E-state index in [0.717, 1.165) is 26.3 Å². The first kappa shape index (κ1) is 15.6. The zero-order valence-electron chi connectivity index (χ0n) is 11.9. The third kappa shape index (κ3) is 3.47. The van der Waals surface area contributed by atoms with Gasteiger partial charge in [0.2, 0.25) is 0 Å². The molecule has 1 fully saturated rings. The molecule has 0 amide bonds. The highest BCUT2D eigenvalue weighted by molar-refractivity contribution is 5.91. The molecule has 0 bridgehead atoms. The lowest BCUT2D eigenvalue weighted by atomic mass is 10.1. The number of esters is 1. The smallest absolute Gasteiger partial charge is 0.417 e. The summed E-state index contributed by atoms with van der Waals surface area (Å²) >= 11 is 0. The minimum atomic E-state index is -4.59. The number of halogens is 3. The first-order valence-electron chi connectivity index (χ1n) is 6.56. The highest BCUT2D eigenvalue weighted by atomic mass is 19.4. The van der Waals surface area contributed by atoms with Gasteiger partial charge in [-0.1, -0.05) is 0 Å². The van der Waals surface area contributed by atoms with E-state index in [-0.39, 0.29) is 0 Å². The molecule has 0 unspecified atom stereocenters. The van der Waals surface area contributed by atoms with Crippen LogP contribution in [0.1, 0.15) is 15.9 Å². The number of hydrogen-bond donors (Lipinski definition) is 0. The number of carbonyl (C=O) groups is 1. The van der Waals surface area contributed by atoms with Crippen LogP contribution in [-0.4, -0.2) is 51.2 Å². The molecule has 0 N–H and O–H groups in total. The summed E-state index contributed by atoms with van der Waals surface area (Å²) in [4.78, 5) is 15.5. The molecule has 1 saturated heterocycles. The van der Waals surface area contributed by atoms with Gasteiger partial charge in [0.05, 0.1) is 18.2 Å². The fourth-order valence-corrected chi connectivity index (χ4v) is 2.32. The van der Waals surface area contributed by atoms with Crippen LogP contribution < -0.4 is 4.90 Å². The summed E-state index contributed by atoms with van der Waals surface area (Å²) in [6, 6.07) is 3.74. The second kappa shape index (κ2) is 5.93. The van der Waals surface area contributed by atoms with Crippen molar-refractivity contribution in [3.8, 4) is 0 Å². The Balaban J connectivity index is 2.35. The number of ether oxygens (including phenoxy) is 1. The number of rotatable bonds is 2. The summed E-state index contributed by atoms with van der Waals surface area (Å²) < 4.78 is 43.8. The molecule has 0 saturated carbocycles. The van der Waals surface area contributed by atoms with E-state index in [9.17, 15) is 18.0 Å². The van der Waals surface area contributed by atoms with Gasteiger partial charge in [-0.2, -0.15) is 13.2 Å². The Hall–Kier alpha value is -1.76. The van der Waals surface area contributed by atoms with Crippen LogP contribution in [0.4, 0.5) is 18.9 Å². The molecule has 1 aromatic rings. The number of nitrogens with zero attached hydrogens (tertiary/aromatic N) is 2. The van der Waals surface area contributed by atoms with Crippen molar-refractivity contribution in [3.63, 3.8) is 0 Å². The Bertz CT molecular complexity index is 523. The molecule has 2 rings (SSSR count). The predicted octanol–water partition coefficient (Wildman–Crippen LogP) is 2.24. The minimum absolute atomic E-state index is 0.456. The van der Waals surface area contributed by atoms with Crippen LogP contribution in [0.2, 0.25) is 0 Å². The lowest BCUT2D eigenvalue weighted by molar-refractivity contribution is -0.138. The normalized spacial score (nSPS) is 16.9. The molecule has 0 radical (unpaired) electrons. The van der Waals surface area contributed by atoms with E-state index in [1.807, 2.05) is 11.9 Å². The van der Waals surface area contributed by atoms with Crippen LogP contribution in [0, 0.1) is 0 Å². The molecule has 0 aliphatic carbocycles. The summed E-state index contributed by atoms with van der Waals surface area (Å²) in [5.74, 6) is -0.979. The molecule has 0 spiro atoms. The molecule has 0 aromatic heterocycles. The lowest BCUT2D eigenvalue weighted by Gasteiger charge is -2.34. The topological polar surface area (TPSA) is 32.8 Å². The van der Waals surface area contributed by atoms with Gasteiger partial charge in [0, 0.05) is 31.9 Å². The fourth-order valence-electron chi connectivity index (χ4n) is 2.32. The number of carbonyl (C=O) groups excluding carboxylic acids is 1. The lowest BCUT2D eigenvalue weighted by Crippen LogP contribution is -2.44. The van der Waals surface area contributed by atoms with Crippen LogP contribution in [-0.2, 0) is 10.9 Å². The fraction of sp³-hybridized carbons (Fsp3) is 0.500. The second-order valence-corrected chi connectivity index (χ2v) is 5.01. The summed E-state index contributed by atoms with van der Waals surface area (Å²) in [6.45, 7) is 2.90. The minimum Gasteiger partial charge on any atom is -0.465 e. The average Bonchev–Trinajstić information content (AvgIpc) is 2.46. The largest absolute Gasteiger partial charge is 0.465 e. The van der Waals surface area contributed by atoms with Crippen LogP contribution in [0.15, 0.2) is 18.2 Å². The second-order valence-electron chi connectivity index (χ2n) is 5.01. The molecular formula is C14H17F3N2O2. The van der Waals surface area contributed by atoms with Crippen molar-refractivity contribution in [2.45, 2.75) is 6.18 Å². The van der Waals surface area contributed by atoms with E-state index in [1.165, 1.54) is 12.1 Å². The van der Waals surface area contributed by atoms with Crippen LogP contribution in [0.25, 0.3) is 0 Å². The highest BCUT2D eigenvalue weighted by Crippen LogP contribution is 2.35. The SMILES string of the molecule is COC(=O)c1ccc(N2CCN(C)CC2)cc1C(F)(F)F. The standard InChI is InChI=1S/C14H17F3N2O2/c1-18-5-7-19(8-6-18)10-3-4-11(13(20)21-2)12(9-10)14(15,16)17/h3-4,9H,5-8H2,1-2H3. The van der Waals surface area contributed by atoms with E-state index in [0.29, 0.717) is 18.8 Å². The Morgan fingerprint density at radius 2 is 1.81 bits per heavy atom. The van der Waals surface area contributed by atoms with Crippen LogP contribution in [0.5, 0.6) is 0 Å². The van der Waals surface area contributed by atoms with Crippen molar-refractivity contribution in [3.05, 3.63) is 29.3 Å². The average molecular weight is 302 g/mol. The summed E-state index contributed by atoms with van der Waals surface area (Å²) in [5, 5.41) is 0. The van der Waals surface area contributed by atoms with Gasteiger partial charge in [-0.15, -0.1) is 0 Å². The number of piperazine rings is 1. The monoisotopic (exact) mass is 302 g/mol. The van der Waals surface area contributed by atoms with Gasteiger partial charge >= 0.3 is 12.1 Å². The van der Waals surface area contributed by atoms with Crippen molar-refractivity contribution in [2.75, 3.05) is 45.2 Å². The zero-order chi connectivity index (χ0) is 15.6. The van der Waals surface area contributed by atoms with Crippen molar-refractivity contribution < 1.29 is 22.7 Å². The zero-order valence-corrected chi connectivity index (χ0v) is 11.9. The number of alkyl halides is 3. The molecule has 1 heterocycles. The number of benzene rings is 1. The summed E-state index contributed by atoms with van der Waals surface area (Å²) in [5.41, 5.74) is -0.934. The quantitative estimate of drug-likeness (QED) is 0.785. The number of anilines is 1. The van der Waals surface area contributed by atoms with E-state index < -0.39 is 23.3 Å². The van der Waals surface area contributed by atoms with Gasteiger partial charge in [0.1, 0.15) is 0 Å². The maximum absolute atomic E-state index is 13.1. The van der Waals surface area contributed by atoms with Gasteiger partial charge in [-0.05, 0) is 25.2 Å². The van der Waals surface area contributed by atoms with Gasteiger partial charge < -0.3 is 14.5 Å². The van der Waals surface area contributed by atoms with Crippen LogP contribution >= 0.6 is 0 Å². The third-order valence-corrected chi connectivity index (χ3v) is 3.58. The maximum atomic E-state index is 13.1. The van der Waals surface area contributed by atoms with Crippen molar-refractivity contribution in [2.24, 2.45) is 0 Å². The Labute approximate surface area is 121 Å². The molecule has 7 heteroatoms. The summed E-state index contributed by atoms with van der Waals surface area (Å²) in [6.07, 6.45) is -4.59. The first-order valence-corrected chi connectivity index (χ1v) is 6.56. The number of likely N-dealkylation sites (N-methyl/N-ethyl adjacent to an activating group) is 1. The predicted molar refractivity (Wildman–Crippen MR) is 72.5 cm³/mol. The summed E-state index contributed by atoms with van der Waals surface area (Å²) in [7, 11) is 3.04. The van der Waals surface area contributed by atoms with Crippen molar-refractivity contribution in [1.82, 2.24) is 4.90 Å². The van der Waals surface area contributed by atoms with E-state index in [1.54, 1.807) is 0 Å². The van der Waals surface area contributed by atoms with E-state index in [2.05, 4.69) is 9.64 Å². The molecule has 21 heavy (non-hydrogen) atoms.